The summed E-state index contributed by atoms with van der Waals surface area (Å²) in [5, 5.41) is 0. The lowest BCUT2D eigenvalue weighted by atomic mass is 9.92. The van der Waals surface area contributed by atoms with Crippen molar-refractivity contribution >= 4 is 11.9 Å². The third kappa shape index (κ3) is 1.53. The molecule has 4 nitrogen and oxygen atoms in total. The fourth-order valence-corrected chi connectivity index (χ4v) is 1.49. The number of hydrogen-bond donors (Lipinski definition) is 1. The number of carbonyl (C=O) groups excluding carboxylic acids is 2. The van der Waals surface area contributed by atoms with E-state index in [0.717, 1.165) is 5.56 Å². The van der Waals surface area contributed by atoms with E-state index in [2.05, 4.69) is 4.74 Å². The van der Waals surface area contributed by atoms with Gasteiger partial charge in [0.2, 0.25) is 0 Å². The first-order chi connectivity index (χ1) is 6.89. The number of carbonyl (C=O) groups is 2. The zero-order valence-corrected chi connectivity index (χ0v) is 8.53. The average Bonchev–Trinajstić information content (AvgIpc) is 2.41. The third-order valence-corrected chi connectivity index (χ3v) is 2.39. The molecule has 0 saturated heterocycles. The van der Waals surface area contributed by atoms with E-state index in [0.29, 0.717) is 11.1 Å². The number of fused-ring (bicyclic) bond motifs is 1. The first-order valence-corrected chi connectivity index (χ1v) is 4.59. The summed E-state index contributed by atoms with van der Waals surface area (Å²) in [6, 6.07) is 4.92. The van der Waals surface area contributed by atoms with Crippen LogP contribution in [0.1, 0.15) is 40.1 Å². The van der Waals surface area contributed by atoms with E-state index >= 15 is 0 Å². The van der Waals surface area contributed by atoms with Gasteiger partial charge in [-0.25, -0.2) is 9.59 Å². The van der Waals surface area contributed by atoms with Crippen molar-refractivity contribution in [2.45, 2.75) is 19.4 Å². The van der Waals surface area contributed by atoms with Crippen molar-refractivity contribution in [1.29, 1.82) is 0 Å². The summed E-state index contributed by atoms with van der Waals surface area (Å²) in [7, 11) is 0. The molecule has 1 aromatic rings. The van der Waals surface area contributed by atoms with Crippen LogP contribution in [0.15, 0.2) is 18.2 Å². The van der Waals surface area contributed by atoms with E-state index in [1.54, 1.807) is 18.2 Å². The molecule has 2 rings (SSSR count). The molecule has 0 atom stereocenters. The Balaban J connectivity index is 2.57. The van der Waals surface area contributed by atoms with Crippen LogP contribution < -0.4 is 5.73 Å². The van der Waals surface area contributed by atoms with Crippen LogP contribution in [0, 0.1) is 0 Å². The topological polar surface area (TPSA) is 69.4 Å². The third-order valence-electron chi connectivity index (χ3n) is 2.39. The maximum Gasteiger partial charge on any atom is 0.346 e. The van der Waals surface area contributed by atoms with E-state index in [9.17, 15) is 9.59 Å². The lowest BCUT2D eigenvalue weighted by Crippen LogP contribution is -2.28. The molecule has 0 aliphatic carbocycles. The van der Waals surface area contributed by atoms with Crippen molar-refractivity contribution in [3.05, 3.63) is 34.9 Å². The van der Waals surface area contributed by atoms with Gasteiger partial charge in [0.25, 0.3) is 0 Å². The fourth-order valence-electron chi connectivity index (χ4n) is 1.49. The van der Waals surface area contributed by atoms with Gasteiger partial charge in [0, 0.05) is 5.54 Å². The molecule has 4 heteroatoms. The minimum Gasteiger partial charge on any atom is -0.386 e. The first-order valence-electron chi connectivity index (χ1n) is 4.59. The molecule has 0 radical (unpaired) electrons. The number of nitrogens with two attached hydrogens (primary N) is 1. The van der Waals surface area contributed by atoms with Gasteiger partial charge in [0.05, 0.1) is 11.1 Å². The molecule has 0 saturated carbocycles. The number of esters is 2. The van der Waals surface area contributed by atoms with Gasteiger partial charge in [0.15, 0.2) is 0 Å². The van der Waals surface area contributed by atoms with Crippen molar-refractivity contribution < 1.29 is 14.3 Å². The summed E-state index contributed by atoms with van der Waals surface area (Å²) < 4.78 is 4.48. The Bertz CT molecular complexity index is 457. The highest BCUT2D eigenvalue weighted by Gasteiger charge is 2.30. The Labute approximate surface area is 87.0 Å². The molecule has 0 fully saturated rings. The van der Waals surface area contributed by atoms with Crippen molar-refractivity contribution in [3.63, 3.8) is 0 Å². The van der Waals surface area contributed by atoms with Crippen molar-refractivity contribution in [3.8, 4) is 0 Å². The van der Waals surface area contributed by atoms with E-state index in [-0.39, 0.29) is 0 Å². The number of benzene rings is 1. The van der Waals surface area contributed by atoms with Gasteiger partial charge in [-0.15, -0.1) is 0 Å². The molecule has 1 aromatic carbocycles. The summed E-state index contributed by atoms with van der Waals surface area (Å²) in [4.78, 5) is 22.4. The molecule has 15 heavy (non-hydrogen) atoms. The van der Waals surface area contributed by atoms with Crippen LogP contribution >= 0.6 is 0 Å². The Hall–Kier alpha value is -1.68. The summed E-state index contributed by atoms with van der Waals surface area (Å²) in [5.74, 6) is -1.18. The molecular formula is C11H11NO3. The maximum atomic E-state index is 11.3. The van der Waals surface area contributed by atoms with Gasteiger partial charge in [-0.05, 0) is 31.5 Å². The Kier molecular flexibility index (Phi) is 1.91. The summed E-state index contributed by atoms with van der Waals surface area (Å²) in [5.41, 5.74) is 6.77. The Morgan fingerprint density at radius 1 is 1.13 bits per heavy atom. The highest BCUT2D eigenvalue weighted by molar-refractivity contribution is 6.14. The SMILES string of the molecule is CC(C)(N)c1ccc2c(c1)C(=O)OC2=O. The molecule has 0 aromatic heterocycles. The monoisotopic (exact) mass is 205 g/mol. The van der Waals surface area contributed by atoms with Crippen LogP contribution in [0.3, 0.4) is 0 Å². The van der Waals surface area contributed by atoms with Gasteiger partial charge in [-0.2, -0.15) is 0 Å². The molecular weight excluding hydrogens is 194 g/mol. The zero-order chi connectivity index (χ0) is 11.2. The van der Waals surface area contributed by atoms with Gasteiger partial charge in [-0.3, -0.25) is 0 Å². The summed E-state index contributed by atoms with van der Waals surface area (Å²) in [6.45, 7) is 3.66. The second-order valence-corrected chi connectivity index (χ2v) is 4.16. The molecule has 78 valence electrons. The molecule has 1 heterocycles. The van der Waals surface area contributed by atoms with Gasteiger partial charge < -0.3 is 10.5 Å². The van der Waals surface area contributed by atoms with Crippen LogP contribution in [-0.4, -0.2) is 11.9 Å². The minimum atomic E-state index is -0.596. The van der Waals surface area contributed by atoms with E-state index in [1.165, 1.54) is 0 Å². The van der Waals surface area contributed by atoms with Crippen LogP contribution in [0.25, 0.3) is 0 Å². The van der Waals surface area contributed by atoms with Gasteiger partial charge in [0.1, 0.15) is 0 Å². The number of hydrogen-bond acceptors (Lipinski definition) is 4. The first kappa shape index (κ1) is 9.86. The quantitative estimate of drug-likeness (QED) is 0.552. The molecule has 1 aliphatic rings. The zero-order valence-electron chi connectivity index (χ0n) is 8.53. The summed E-state index contributed by atoms with van der Waals surface area (Å²) in [6.07, 6.45) is 0. The Morgan fingerprint density at radius 2 is 1.73 bits per heavy atom. The average molecular weight is 205 g/mol. The minimum absolute atomic E-state index is 0.302. The van der Waals surface area contributed by atoms with E-state index < -0.39 is 17.5 Å². The van der Waals surface area contributed by atoms with E-state index in [4.69, 9.17) is 5.73 Å². The highest BCUT2D eigenvalue weighted by Crippen LogP contribution is 2.25. The number of ether oxygens (including phenoxy) is 1. The molecule has 2 N–H and O–H groups in total. The molecule has 0 unspecified atom stereocenters. The smallest absolute Gasteiger partial charge is 0.346 e. The highest BCUT2D eigenvalue weighted by atomic mass is 16.6. The van der Waals surface area contributed by atoms with Gasteiger partial charge >= 0.3 is 11.9 Å². The standard InChI is InChI=1S/C11H11NO3/c1-11(2,12)6-3-4-7-8(5-6)10(14)15-9(7)13/h3-5H,12H2,1-2H3. The predicted octanol–water partition coefficient (Wildman–Crippen LogP) is 1.19. The molecule has 0 spiro atoms. The van der Waals surface area contributed by atoms with Crippen molar-refractivity contribution in [1.82, 2.24) is 0 Å². The Morgan fingerprint density at radius 3 is 2.33 bits per heavy atom. The maximum absolute atomic E-state index is 11.3. The lowest BCUT2D eigenvalue weighted by Gasteiger charge is -2.19. The van der Waals surface area contributed by atoms with Crippen molar-refractivity contribution in [2.75, 3.05) is 0 Å². The van der Waals surface area contributed by atoms with Crippen LogP contribution in [0.2, 0.25) is 0 Å². The molecule has 0 bridgehead atoms. The number of cyclic esters (lactones) is 2. The number of rotatable bonds is 1. The van der Waals surface area contributed by atoms with Gasteiger partial charge in [-0.1, -0.05) is 6.07 Å². The van der Waals surface area contributed by atoms with E-state index in [1.807, 2.05) is 13.8 Å². The predicted molar refractivity (Wildman–Crippen MR) is 53.4 cm³/mol. The lowest BCUT2D eigenvalue weighted by molar-refractivity contribution is 0.0444. The van der Waals surface area contributed by atoms with Crippen molar-refractivity contribution in [2.24, 2.45) is 5.73 Å². The molecule has 0 amide bonds. The second kappa shape index (κ2) is 2.90. The fraction of sp³-hybridized carbons (Fsp3) is 0.273. The summed E-state index contributed by atoms with van der Waals surface area (Å²) >= 11 is 0. The second-order valence-electron chi connectivity index (χ2n) is 4.16. The normalized spacial score (nSPS) is 15.1. The molecule has 1 aliphatic heterocycles. The van der Waals surface area contributed by atoms with Crippen LogP contribution in [-0.2, 0) is 10.3 Å². The van der Waals surface area contributed by atoms with Crippen LogP contribution in [0.4, 0.5) is 0 Å². The largest absolute Gasteiger partial charge is 0.386 e. The van der Waals surface area contributed by atoms with Crippen LogP contribution in [0.5, 0.6) is 0 Å².